The first-order valence-electron chi connectivity index (χ1n) is 7.02. The maximum absolute atomic E-state index is 11.7. The Bertz CT molecular complexity index is 850. The molecule has 0 unspecified atom stereocenters. The number of anilines is 1. The molecule has 2 N–H and O–H groups in total. The van der Waals surface area contributed by atoms with E-state index in [0.29, 0.717) is 5.69 Å². The third-order valence-corrected chi connectivity index (χ3v) is 3.42. The van der Waals surface area contributed by atoms with Crippen molar-refractivity contribution in [3.63, 3.8) is 0 Å². The van der Waals surface area contributed by atoms with Crippen LogP contribution in [0.15, 0.2) is 47.6 Å². The predicted molar refractivity (Wildman–Crippen MR) is 93.7 cm³/mol. The maximum atomic E-state index is 11.7. The minimum atomic E-state index is -0.988. The van der Waals surface area contributed by atoms with Gasteiger partial charge in [-0.15, -0.1) is 0 Å². The molecule has 8 nitrogen and oxygen atoms in total. The molecule has 0 heterocycles. The quantitative estimate of drug-likeness (QED) is 0.377. The fraction of sp³-hybridized carbons (Fsp3) is 0.0625. The van der Waals surface area contributed by atoms with Crippen molar-refractivity contribution in [1.82, 2.24) is 5.43 Å². The summed E-state index contributed by atoms with van der Waals surface area (Å²) in [6.07, 6.45) is 1.12. The monoisotopic (exact) mass is 360 g/mol. The van der Waals surface area contributed by atoms with Gasteiger partial charge in [0.25, 0.3) is 5.69 Å². The highest BCUT2D eigenvalue weighted by atomic mass is 35.5. The number of benzene rings is 2. The van der Waals surface area contributed by atoms with Crippen LogP contribution in [0.1, 0.15) is 11.1 Å². The number of amides is 2. The van der Waals surface area contributed by atoms with E-state index in [0.717, 1.165) is 11.8 Å². The number of non-ortho nitro benzene ring substituents is 1. The second kappa shape index (κ2) is 8.02. The van der Waals surface area contributed by atoms with Crippen LogP contribution in [0.25, 0.3) is 0 Å². The molecule has 0 spiro atoms. The fourth-order valence-corrected chi connectivity index (χ4v) is 1.95. The average molecular weight is 361 g/mol. The Balaban J connectivity index is 1.98. The standard InChI is InChI=1S/C16H13ClN4O4/c1-10-2-4-12(5-3-10)19-15(22)16(23)20-18-9-11-8-13(21(24)25)6-7-14(11)17/h2-9H,1H3,(H,19,22)(H,20,23)/b18-9-. The lowest BCUT2D eigenvalue weighted by molar-refractivity contribution is -0.384. The highest BCUT2D eigenvalue weighted by Crippen LogP contribution is 2.20. The highest BCUT2D eigenvalue weighted by Gasteiger charge is 2.13. The van der Waals surface area contributed by atoms with Gasteiger partial charge >= 0.3 is 11.8 Å². The first-order chi connectivity index (χ1) is 11.9. The van der Waals surface area contributed by atoms with Gasteiger partial charge in [-0.05, 0) is 25.1 Å². The van der Waals surface area contributed by atoms with Crippen LogP contribution in [0.3, 0.4) is 0 Å². The number of rotatable bonds is 4. The largest absolute Gasteiger partial charge is 0.329 e. The maximum Gasteiger partial charge on any atom is 0.329 e. The Morgan fingerprint density at radius 2 is 1.84 bits per heavy atom. The number of halogens is 1. The van der Waals surface area contributed by atoms with Gasteiger partial charge in [-0.25, -0.2) is 5.43 Å². The lowest BCUT2D eigenvalue weighted by Crippen LogP contribution is -2.32. The van der Waals surface area contributed by atoms with Gasteiger partial charge in [-0.1, -0.05) is 29.3 Å². The highest BCUT2D eigenvalue weighted by molar-refractivity contribution is 6.39. The fourth-order valence-electron chi connectivity index (χ4n) is 1.78. The second-order valence-corrected chi connectivity index (χ2v) is 5.39. The molecule has 2 aromatic rings. The third kappa shape index (κ3) is 5.11. The number of nitro benzene ring substituents is 1. The molecule has 2 rings (SSSR count). The summed E-state index contributed by atoms with van der Waals surface area (Å²) in [6.45, 7) is 1.89. The van der Waals surface area contributed by atoms with Gasteiger partial charge in [-0.2, -0.15) is 5.10 Å². The average Bonchev–Trinajstić information content (AvgIpc) is 2.58. The van der Waals surface area contributed by atoms with Crippen LogP contribution in [0, 0.1) is 17.0 Å². The van der Waals surface area contributed by atoms with Crippen molar-refractivity contribution in [2.24, 2.45) is 5.10 Å². The number of aryl methyl sites for hydroxylation is 1. The van der Waals surface area contributed by atoms with E-state index >= 15 is 0 Å². The molecule has 2 amide bonds. The summed E-state index contributed by atoms with van der Waals surface area (Å²) >= 11 is 5.89. The molecular weight excluding hydrogens is 348 g/mol. The van der Waals surface area contributed by atoms with Gasteiger partial charge in [0.15, 0.2) is 0 Å². The number of hydrogen-bond donors (Lipinski definition) is 2. The SMILES string of the molecule is Cc1ccc(NC(=O)C(=O)N/N=C\c2cc([N+](=O)[O-])ccc2Cl)cc1. The van der Waals surface area contributed by atoms with Crippen LogP contribution in [0.4, 0.5) is 11.4 Å². The summed E-state index contributed by atoms with van der Waals surface area (Å²) in [7, 11) is 0. The van der Waals surface area contributed by atoms with E-state index in [-0.39, 0.29) is 16.3 Å². The summed E-state index contributed by atoms with van der Waals surface area (Å²) < 4.78 is 0. The summed E-state index contributed by atoms with van der Waals surface area (Å²) in [5, 5.41) is 16.9. The van der Waals surface area contributed by atoms with E-state index in [1.54, 1.807) is 24.3 Å². The van der Waals surface area contributed by atoms with Gasteiger partial charge in [0, 0.05) is 28.4 Å². The normalized spacial score (nSPS) is 10.5. The van der Waals surface area contributed by atoms with E-state index in [1.807, 2.05) is 12.3 Å². The molecular formula is C16H13ClN4O4. The zero-order chi connectivity index (χ0) is 18.4. The smallest absolute Gasteiger partial charge is 0.318 e. The summed E-state index contributed by atoms with van der Waals surface area (Å²) in [6, 6.07) is 10.7. The number of nitrogens with one attached hydrogen (secondary N) is 2. The molecule has 0 saturated carbocycles. The molecule has 0 atom stereocenters. The van der Waals surface area contributed by atoms with E-state index in [1.165, 1.54) is 18.2 Å². The Hall–Kier alpha value is -3.26. The van der Waals surface area contributed by atoms with Gasteiger partial charge in [0.2, 0.25) is 0 Å². The number of carbonyl (C=O) groups excluding carboxylic acids is 2. The van der Waals surface area contributed by atoms with E-state index in [2.05, 4.69) is 10.4 Å². The van der Waals surface area contributed by atoms with Crippen molar-refractivity contribution < 1.29 is 14.5 Å². The van der Waals surface area contributed by atoms with Gasteiger partial charge in [0.05, 0.1) is 11.1 Å². The Kier molecular flexibility index (Phi) is 5.80. The number of hydrazone groups is 1. The number of nitro groups is 1. The molecule has 2 aromatic carbocycles. The molecule has 25 heavy (non-hydrogen) atoms. The molecule has 0 fully saturated rings. The zero-order valence-corrected chi connectivity index (χ0v) is 13.8. The lowest BCUT2D eigenvalue weighted by atomic mass is 10.2. The second-order valence-electron chi connectivity index (χ2n) is 4.98. The molecule has 128 valence electrons. The van der Waals surface area contributed by atoms with E-state index in [4.69, 9.17) is 11.6 Å². The number of nitrogens with zero attached hydrogens (tertiary/aromatic N) is 2. The Labute approximate surface area is 147 Å². The number of carbonyl (C=O) groups is 2. The van der Waals surface area contributed by atoms with Crippen LogP contribution in [-0.2, 0) is 9.59 Å². The molecule has 0 aromatic heterocycles. The minimum absolute atomic E-state index is 0.172. The van der Waals surface area contributed by atoms with Crippen molar-refractivity contribution in [2.75, 3.05) is 5.32 Å². The topological polar surface area (TPSA) is 114 Å². The first-order valence-corrected chi connectivity index (χ1v) is 7.39. The van der Waals surface area contributed by atoms with E-state index in [9.17, 15) is 19.7 Å². The Morgan fingerprint density at radius 3 is 2.48 bits per heavy atom. The van der Waals surface area contributed by atoms with Gasteiger partial charge in [0.1, 0.15) is 0 Å². The predicted octanol–water partition coefficient (Wildman–Crippen LogP) is 2.65. The van der Waals surface area contributed by atoms with Crippen molar-refractivity contribution in [3.05, 3.63) is 68.7 Å². The lowest BCUT2D eigenvalue weighted by Gasteiger charge is -2.04. The van der Waals surface area contributed by atoms with Gasteiger partial charge < -0.3 is 5.32 Å². The van der Waals surface area contributed by atoms with Crippen LogP contribution in [0.5, 0.6) is 0 Å². The van der Waals surface area contributed by atoms with Crippen LogP contribution >= 0.6 is 11.6 Å². The van der Waals surface area contributed by atoms with Gasteiger partial charge in [-0.3, -0.25) is 19.7 Å². The van der Waals surface area contributed by atoms with Crippen LogP contribution < -0.4 is 10.7 Å². The summed E-state index contributed by atoms with van der Waals surface area (Å²) in [4.78, 5) is 33.6. The summed E-state index contributed by atoms with van der Waals surface area (Å²) in [5.74, 6) is -1.88. The zero-order valence-electron chi connectivity index (χ0n) is 13.0. The molecule has 0 aliphatic heterocycles. The molecule has 0 radical (unpaired) electrons. The molecule has 0 bridgehead atoms. The van der Waals surface area contributed by atoms with Crippen molar-refractivity contribution >= 4 is 41.0 Å². The molecule has 9 heteroatoms. The first kappa shape index (κ1) is 18.1. The summed E-state index contributed by atoms with van der Waals surface area (Å²) in [5.41, 5.74) is 3.57. The van der Waals surface area contributed by atoms with Crippen molar-refractivity contribution in [1.29, 1.82) is 0 Å². The van der Waals surface area contributed by atoms with Crippen molar-refractivity contribution in [3.8, 4) is 0 Å². The van der Waals surface area contributed by atoms with Crippen molar-refractivity contribution in [2.45, 2.75) is 6.92 Å². The molecule has 0 aliphatic carbocycles. The van der Waals surface area contributed by atoms with Crippen LogP contribution in [0.2, 0.25) is 5.02 Å². The van der Waals surface area contributed by atoms with E-state index < -0.39 is 16.7 Å². The van der Waals surface area contributed by atoms with Crippen LogP contribution in [-0.4, -0.2) is 23.0 Å². The molecule has 0 aliphatic rings. The Morgan fingerprint density at radius 1 is 1.16 bits per heavy atom. The minimum Gasteiger partial charge on any atom is -0.318 e. The molecule has 0 saturated heterocycles. The number of hydrogen-bond acceptors (Lipinski definition) is 5. The third-order valence-electron chi connectivity index (χ3n) is 3.08.